The third kappa shape index (κ3) is 67.0. The fourth-order valence-electron chi connectivity index (χ4n) is 8.27. The number of rotatable bonds is 57. The molecule has 0 aliphatic carbocycles. The lowest BCUT2D eigenvalue weighted by atomic mass is 10.1. The fraction of sp³-hybridized carbons (Fsp3) is 0.532. The van der Waals surface area contributed by atoms with Gasteiger partial charge in [0.05, 0.1) is 6.61 Å². The number of allylic oxidation sites excluding steroid dienone is 34. The monoisotopic (exact) mass is 1120 g/mol. The van der Waals surface area contributed by atoms with E-state index >= 15 is 0 Å². The van der Waals surface area contributed by atoms with Gasteiger partial charge in [-0.2, -0.15) is 0 Å². The lowest BCUT2D eigenvalue weighted by Gasteiger charge is -2.15. The molecule has 1 unspecified atom stereocenters. The molecule has 0 heterocycles. The number of hydrogen-bond donors (Lipinski definition) is 1. The van der Waals surface area contributed by atoms with Crippen LogP contribution in [0.1, 0.15) is 245 Å². The molecule has 0 aliphatic rings. The highest BCUT2D eigenvalue weighted by molar-refractivity contribution is 5.70. The van der Waals surface area contributed by atoms with E-state index in [2.05, 4.69) is 220 Å². The smallest absolute Gasteiger partial charge is 0.306 e. The molecule has 0 bridgehead atoms. The first-order valence-electron chi connectivity index (χ1n) is 32.6. The Morgan fingerprint density at radius 1 is 0.280 bits per heavy atom. The van der Waals surface area contributed by atoms with E-state index in [0.717, 1.165) is 161 Å². The number of carbonyl (C=O) groups excluding carboxylic acids is 2. The van der Waals surface area contributed by atoms with Crippen LogP contribution in [0.4, 0.5) is 0 Å². The summed E-state index contributed by atoms with van der Waals surface area (Å²) in [6, 6.07) is 0. The van der Waals surface area contributed by atoms with Crippen LogP contribution in [0.2, 0.25) is 0 Å². The van der Waals surface area contributed by atoms with Crippen LogP contribution in [-0.2, 0) is 19.1 Å². The molecule has 82 heavy (non-hydrogen) atoms. The van der Waals surface area contributed by atoms with Gasteiger partial charge in [0.25, 0.3) is 0 Å². The van der Waals surface area contributed by atoms with Crippen molar-refractivity contribution in [3.05, 3.63) is 207 Å². The Labute approximate surface area is 504 Å². The summed E-state index contributed by atoms with van der Waals surface area (Å²) in [4.78, 5) is 24.6. The lowest BCUT2D eigenvalue weighted by Crippen LogP contribution is -2.28. The second-order valence-electron chi connectivity index (χ2n) is 20.7. The average Bonchev–Trinajstić information content (AvgIpc) is 3.49. The van der Waals surface area contributed by atoms with E-state index in [1.807, 2.05) is 0 Å². The molecule has 0 radical (unpaired) electrons. The molecule has 5 nitrogen and oxygen atoms in total. The maximum absolute atomic E-state index is 12.4. The second-order valence-corrected chi connectivity index (χ2v) is 20.7. The number of aliphatic hydroxyl groups excluding tert-OH is 1. The van der Waals surface area contributed by atoms with Crippen molar-refractivity contribution in [3.63, 3.8) is 0 Å². The van der Waals surface area contributed by atoms with Crippen molar-refractivity contribution in [2.45, 2.75) is 251 Å². The van der Waals surface area contributed by atoms with Gasteiger partial charge in [-0.3, -0.25) is 9.59 Å². The van der Waals surface area contributed by atoms with Crippen molar-refractivity contribution in [2.24, 2.45) is 0 Å². The quantitative estimate of drug-likeness (QED) is 0.0373. The van der Waals surface area contributed by atoms with Gasteiger partial charge in [0.1, 0.15) is 6.61 Å². The largest absolute Gasteiger partial charge is 0.462 e. The molecule has 456 valence electrons. The predicted octanol–water partition coefficient (Wildman–Crippen LogP) is 23.0. The summed E-state index contributed by atoms with van der Waals surface area (Å²) in [7, 11) is 0. The number of carbonyl (C=O) groups is 2. The molecular formula is C77H118O5. The molecule has 1 atom stereocenters. The first-order valence-corrected chi connectivity index (χ1v) is 32.6. The molecule has 0 aromatic carbocycles. The SMILES string of the molecule is CC/C=C\C/C=C\C/C=C\C/C=C\C/C=C\C/C=C\C/C=C\C/C=C\C/C=C\C/C=C\CCCCCCCCCCC(=O)OC(CO)COC(=O)CCCCCCCCC/C=C\C/C=C\C/C=C\C/C=C\C/C=C\C/C=C\C/C=C\CC. The Kier molecular flexibility index (Phi) is 65.1. The summed E-state index contributed by atoms with van der Waals surface area (Å²) in [6.07, 6.45) is 112. The summed E-state index contributed by atoms with van der Waals surface area (Å²) in [5.74, 6) is -0.627. The lowest BCUT2D eigenvalue weighted by molar-refractivity contribution is -0.161. The molecule has 0 rings (SSSR count). The zero-order valence-corrected chi connectivity index (χ0v) is 52.2. The summed E-state index contributed by atoms with van der Waals surface area (Å²) in [5, 5.41) is 9.69. The minimum Gasteiger partial charge on any atom is -0.462 e. The number of ether oxygens (including phenoxy) is 2. The van der Waals surface area contributed by atoms with Crippen molar-refractivity contribution in [1.82, 2.24) is 0 Å². The van der Waals surface area contributed by atoms with Crippen LogP contribution in [0.5, 0.6) is 0 Å². The van der Waals surface area contributed by atoms with Gasteiger partial charge in [-0.05, 0) is 148 Å². The van der Waals surface area contributed by atoms with Crippen LogP contribution in [0, 0.1) is 0 Å². The first-order chi connectivity index (χ1) is 40.6. The Hall–Kier alpha value is -5.52. The molecule has 0 aromatic rings. The van der Waals surface area contributed by atoms with Gasteiger partial charge in [-0.25, -0.2) is 0 Å². The molecule has 0 aromatic heterocycles. The van der Waals surface area contributed by atoms with E-state index in [4.69, 9.17) is 9.47 Å². The van der Waals surface area contributed by atoms with Gasteiger partial charge in [0.2, 0.25) is 0 Å². The Bertz CT molecular complexity index is 1950. The summed E-state index contributed by atoms with van der Waals surface area (Å²) in [5.41, 5.74) is 0. The average molecular weight is 1120 g/mol. The molecule has 0 saturated carbocycles. The highest BCUT2D eigenvalue weighted by Crippen LogP contribution is 2.14. The molecule has 0 spiro atoms. The molecule has 0 saturated heterocycles. The van der Waals surface area contributed by atoms with E-state index < -0.39 is 6.10 Å². The molecular weight excluding hydrogens is 1000 g/mol. The van der Waals surface area contributed by atoms with Gasteiger partial charge in [-0.1, -0.05) is 291 Å². The number of aliphatic hydroxyl groups is 1. The van der Waals surface area contributed by atoms with Crippen molar-refractivity contribution in [1.29, 1.82) is 0 Å². The van der Waals surface area contributed by atoms with Gasteiger partial charge in [0.15, 0.2) is 6.10 Å². The van der Waals surface area contributed by atoms with Crippen LogP contribution >= 0.6 is 0 Å². The van der Waals surface area contributed by atoms with Crippen LogP contribution in [0.3, 0.4) is 0 Å². The third-order valence-corrected chi connectivity index (χ3v) is 13.1. The zero-order chi connectivity index (χ0) is 59.1. The highest BCUT2D eigenvalue weighted by atomic mass is 16.6. The second kappa shape index (κ2) is 69.7. The van der Waals surface area contributed by atoms with Crippen LogP contribution in [0.25, 0.3) is 0 Å². The Morgan fingerprint density at radius 2 is 0.488 bits per heavy atom. The van der Waals surface area contributed by atoms with Gasteiger partial charge >= 0.3 is 11.9 Å². The third-order valence-electron chi connectivity index (χ3n) is 13.1. The van der Waals surface area contributed by atoms with Crippen LogP contribution < -0.4 is 0 Å². The molecule has 0 amide bonds. The van der Waals surface area contributed by atoms with E-state index in [1.165, 1.54) is 57.8 Å². The van der Waals surface area contributed by atoms with E-state index in [9.17, 15) is 14.7 Å². The Morgan fingerprint density at radius 3 is 0.732 bits per heavy atom. The van der Waals surface area contributed by atoms with Crippen molar-refractivity contribution < 1.29 is 24.2 Å². The molecule has 0 aliphatic heterocycles. The van der Waals surface area contributed by atoms with Crippen LogP contribution in [-0.4, -0.2) is 36.4 Å². The van der Waals surface area contributed by atoms with E-state index in [1.54, 1.807) is 0 Å². The minimum absolute atomic E-state index is 0.0889. The van der Waals surface area contributed by atoms with Crippen molar-refractivity contribution in [2.75, 3.05) is 13.2 Å². The number of unbranched alkanes of at least 4 members (excludes halogenated alkanes) is 15. The molecule has 1 N–H and O–H groups in total. The topological polar surface area (TPSA) is 72.8 Å². The maximum Gasteiger partial charge on any atom is 0.306 e. The van der Waals surface area contributed by atoms with E-state index in [0.29, 0.717) is 12.8 Å². The van der Waals surface area contributed by atoms with Crippen molar-refractivity contribution >= 4 is 11.9 Å². The zero-order valence-electron chi connectivity index (χ0n) is 52.2. The number of hydrogen-bond acceptors (Lipinski definition) is 5. The fourth-order valence-corrected chi connectivity index (χ4v) is 8.27. The Balaban J connectivity index is 3.64. The highest BCUT2D eigenvalue weighted by Gasteiger charge is 2.16. The molecule has 0 fully saturated rings. The van der Waals surface area contributed by atoms with Gasteiger partial charge in [-0.15, -0.1) is 0 Å². The van der Waals surface area contributed by atoms with Crippen molar-refractivity contribution in [3.8, 4) is 0 Å². The van der Waals surface area contributed by atoms with Gasteiger partial charge in [0, 0.05) is 12.8 Å². The predicted molar refractivity (Wildman–Crippen MR) is 361 cm³/mol. The number of esters is 2. The summed E-state index contributed by atoms with van der Waals surface area (Å²) in [6.45, 7) is 3.88. The minimum atomic E-state index is -0.800. The molecule has 5 heteroatoms. The van der Waals surface area contributed by atoms with E-state index in [-0.39, 0.29) is 25.2 Å². The summed E-state index contributed by atoms with van der Waals surface area (Å²) >= 11 is 0. The van der Waals surface area contributed by atoms with Gasteiger partial charge < -0.3 is 14.6 Å². The maximum atomic E-state index is 12.4. The standard InChI is InChI=1S/C77H118O5/c1-3-5-7-9-11-13-15-17-19-21-23-25-27-29-31-33-34-35-36-37-38-39-40-41-42-44-46-48-50-52-54-56-58-60-62-64-66-68-70-72-77(80)82-75(73-78)74-81-76(79)71-69-67-65-63-61-59-57-55-53-51-49-47-45-43-32-30-28-26-24-22-20-18-16-14-12-10-8-6-4-2/h5-8,11-14,17-20,23-26,29-32,34-35,37-38,40-41,44-47,50-53,75,78H,3-4,9-10,15-16,21-22,27-28,33,36,39,42-43,48-49,54-74H2,1-2H3/b7-5-,8-6-,13-11-,14-12-,19-17-,20-18-,25-23-,26-24-,31-29-,32-30-,35-34-,38-37-,41-40-,46-44-,47-45-,52-50-,53-51-. The normalized spacial score (nSPS) is 13.6. The first kappa shape index (κ1) is 76.5. The summed E-state index contributed by atoms with van der Waals surface area (Å²) < 4.78 is 10.7. The van der Waals surface area contributed by atoms with Crippen LogP contribution in [0.15, 0.2) is 207 Å².